The molecule has 2 heterocycles. The summed E-state index contributed by atoms with van der Waals surface area (Å²) in [4.78, 5) is 14.9. The summed E-state index contributed by atoms with van der Waals surface area (Å²) in [5.41, 5.74) is 1.90. The Morgan fingerprint density at radius 1 is 1.10 bits per heavy atom. The van der Waals surface area contributed by atoms with Gasteiger partial charge in [0.25, 0.3) is 15.9 Å². The van der Waals surface area contributed by atoms with E-state index in [9.17, 15) is 13.2 Å². The van der Waals surface area contributed by atoms with Crippen molar-refractivity contribution in [3.05, 3.63) is 58.6 Å². The van der Waals surface area contributed by atoms with Gasteiger partial charge in [0, 0.05) is 19.6 Å². The van der Waals surface area contributed by atoms with Crippen molar-refractivity contribution in [1.82, 2.24) is 4.90 Å². The summed E-state index contributed by atoms with van der Waals surface area (Å²) in [6.07, 6.45) is 1.42. The van der Waals surface area contributed by atoms with Crippen LogP contribution in [0, 0.1) is 0 Å². The molecule has 8 heteroatoms. The van der Waals surface area contributed by atoms with Crippen LogP contribution in [0.1, 0.15) is 36.2 Å². The largest absolute Gasteiger partial charge is 0.372 e. The number of morpholine rings is 1. The van der Waals surface area contributed by atoms with Crippen LogP contribution < -0.4 is 4.31 Å². The zero-order valence-electron chi connectivity index (χ0n) is 17.0. The lowest BCUT2D eigenvalue weighted by Crippen LogP contribution is -2.48. The fraction of sp³-hybridized carbons (Fsp3) is 0.409. The smallest absolute Gasteiger partial charge is 0.264 e. The van der Waals surface area contributed by atoms with Gasteiger partial charge in [-0.05, 0) is 56.5 Å². The van der Waals surface area contributed by atoms with Crippen LogP contribution in [-0.2, 0) is 21.2 Å². The number of ether oxygens (including phenoxy) is 1. The summed E-state index contributed by atoms with van der Waals surface area (Å²) >= 11 is 6.31. The number of hydrogen-bond acceptors (Lipinski definition) is 4. The van der Waals surface area contributed by atoms with Crippen molar-refractivity contribution in [1.29, 1.82) is 0 Å². The molecule has 6 nitrogen and oxygen atoms in total. The quantitative estimate of drug-likeness (QED) is 0.717. The highest BCUT2D eigenvalue weighted by Gasteiger charge is 2.32. The first-order chi connectivity index (χ1) is 14.3. The van der Waals surface area contributed by atoms with Crippen molar-refractivity contribution in [2.24, 2.45) is 0 Å². The molecule has 0 aromatic heterocycles. The minimum absolute atomic E-state index is 0.0707. The Kier molecular flexibility index (Phi) is 5.79. The number of nitrogens with zero attached hydrogens (tertiary/aromatic N) is 2. The van der Waals surface area contributed by atoms with Crippen molar-refractivity contribution in [2.75, 3.05) is 23.9 Å². The van der Waals surface area contributed by atoms with Crippen LogP contribution >= 0.6 is 11.6 Å². The number of fused-ring (bicyclic) bond motifs is 1. The van der Waals surface area contributed by atoms with Gasteiger partial charge in [-0.1, -0.05) is 29.8 Å². The van der Waals surface area contributed by atoms with Gasteiger partial charge in [0.15, 0.2) is 0 Å². The Bertz CT molecular complexity index is 1060. The van der Waals surface area contributed by atoms with E-state index in [1.54, 1.807) is 4.90 Å². The van der Waals surface area contributed by atoms with Crippen LogP contribution in [0.5, 0.6) is 0 Å². The monoisotopic (exact) mass is 448 g/mol. The van der Waals surface area contributed by atoms with Crippen LogP contribution in [0.4, 0.5) is 5.69 Å². The molecule has 1 saturated heterocycles. The number of sulfonamides is 1. The standard InChI is InChI=1S/C22H25ClN2O4S/c1-15-13-24(14-16(2)29-15)22(26)19-12-18(9-10-20(19)23)30(27,28)25-11-5-7-17-6-3-4-8-21(17)25/h3-4,6,8-10,12,15-16H,5,7,11,13-14H2,1-2H3. The van der Waals surface area contributed by atoms with Gasteiger partial charge in [0.05, 0.1) is 33.4 Å². The second-order valence-electron chi connectivity index (χ2n) is 7.92. The molecule has 0 radical (unpaired) electrons. The average Bonchev–Trinajstić information content (AvgIpc) is 2.72. The molecule has 0 N–H and O–H groups in total. The summed E-state index contributed by atoms with van der Waals surface area (Å²) in [7, 11) is -3.82. The van der Waals surface area contributed by atoms with Gasteiger partial charge in [-0.25, -0.2) is 8.42 Å². The zero-order valence-corrected chi connectivity index (χ0v) is 18.6. The number of carbonyl (C=O) groups is 1. The molecule has 2 aliphatic heterocycles. The molecule has 0 aliphatic carbocycles. The fourth-order valence-corrected chi connectivity index (χ4v) is 5.98. The lowest BCUT2D eigenvalue weighted by Gasteiger charge is -2.35. The molecule has 2 aromatic carbocycles. The molecule has 2 unspecified atom stereocenters. The number of carbonyl (C=O) groups excluding carboxylic acids is 1. The predicted octanol–water partition coefficient (Wildman–Crippen LogP) is 3.73. The third-order valence-corrected chi connectivity index (χ3v) is 7.67. The maximum Gasteiger partial charge on any atom is 0.264 e. The van der Waals surface area contributed by atoms with Crippen LogP contribution in [0.25, 0.3) is 0 Å². The SMILES string of the molecule is CC1CN(C(=O)c2cc(S(=O)(=O)N3CCCc4ccccc43)ccc2Cl)CC(C)O1. The summed E-state index contributed by atoms with van der Waals surface area (Å²) in [5.74, 6) is -0.280. The van der Waals surface area contributed by atoms with Crippen molar-refractivity contribution in [2.45, 2.75) is 43.8 Å². The minimum Gasteiger partial charge on any atom is -0.372 e. The van der Waals surface area contributed by atoms with Crippen LogP contribution in [-0.4, -0.2) is 51.1 Å². The van der Waals surface area contributed by atoms with E-state index in [0.29, 0.717) is 25.3 Å². The van der Waals surface area contributed by atoms with Crippen molar-refractivity contribution in [3.63, 3.8) is 0 Å². The Hall–Kier alpha value is -2.09. The lowest BCUT2D eigenvalue weighted by atomic mass is 10.0. The number of anilines is 1. The van der Waals surface area contributed by atoms with Gasteiger partial charge >= 0.3 is 0 Å². The number of rotatable bonds is 3. The molecule has 30 heavy (non-hydrogen) atoms. The van der Waals surface area contributed by atoms with E-state index in [4.69, 9.17) is 16.3 Å². The Morgan fingerprint density at radius 2 is 1.80 bits per heavy atom. The van der Waals surface area contributed by atoms with Gasteiger partial charge in [-0.15, -0.1) is 0 Å². The first-order valence-corrected chi connectivity index (χ1v) is 11.9. The number of aryl methyl sites for hydroxylation is 1. The molecule has 1 fully saturated rings. The third-order valence-electron chi connectivity index (χ3n) is 5.53. The maximum absolute atomic E-state index is 13.5. The minimum atomic E-state index is -3.82. The number of halogens is 1. The molecule has 0 bridgehead atoms. The molecular formula is C22H25ClN2O4S. The van der Waals surface area contributed by atoms with E-state index in [0.717, 1.165) is 18.4 Å². The van der Waals surface area contributed by atoms with Crippen molar-refractivity contribution < 1.29 is 17.9 Å². The highest BCUT2D eigenvalue weighted by atomic mass is 35.5. The first-order valence-electron chi connectivity index (χ1n) is 10.1. The van der Waals surface area contributed by atoms with Gasteiger partial charge in [-0.3, -0.25) is 9.10 Å². The van der Waals surface area contributed by atoms with Crippen molar-refractivity contribution >= 4 is 33.2 Å². The molecule has 0 spiro atoms. The van der Waals surface area contributed by atoms with Gasteiger partial charge in [-0.2, -0.15) is 0 Å². The highest BCUT2D eigenvalue weighted by Crippen LogP contribution is 2.33. The van der Waals surface area contributed by atoms with E-state index in [1.807, 2.05) is 38.1 Å². The molecule has 0 saturated carbocycles. The van der Waals surface area contributed by atoms with Crippen LogP contribution in [0.2, 0.25) is 5.02 Å². The second kappa shape index (κ2) is 8.21. The molecular weight excluding hydrogens is 424 g/mol. The van der Waals surface area contributed by atoms with Crippen LogP contribution in [0.15, 0.2) is 47.4 Å². The van der Waals surface area contributed by atoms with Crippen molar-refractivity contribution in [3.8, 4) is 0 Å². The van der Waals surface area contributed by atoms with E-state index in [1.165, 1.54) is 22.5 Å². The third kappa shape index (κ3) is 3.94. The molecule has 2 aliphatic rings. The zero-order chi connectivity index (χ0) is 21.5. The predicted molar refractivity (Wildman–Crippen MR) is 117 cm³/mol. The number of hydrogen-bond donors (Lipinski definition) is 0. The Balaban J connectivity index is 1.69. The van der Waals surface area contributed by atoms with Gasteiger partial charge in [0.2, 0.25) is 0 Å². The van der Waals surface area contributed by atoms with E-state index < -0.39 is 10.0 Å². The van der Waals surface area contributed by atoms with Gasteiger partial charge < -0.3 is 9.64 Å². The van der Waals surface area contributed by atoms with Gasteiger partial charge in [0.1, 0.15) is 0 Å². The topological polar surface area (TPSA) is 66.9 Å². The molecule has 2 atom stereocenters. The summed E-state index contributed by atoms with van der Waals surface area (Å²) in [6.45, 7) is 5.11. The number of benzene rings is 2. The molecule has 1 amide bonds. The number of amides is 1. The van der Waals surface area contributed by atoms with E-state index in [2.05, 4.69) is 0 Å². The fourth-order valence-electron chi connectivity index (χ4n) is 4.22. The highest BCUT2D eigenvalue weighted by molar-refractivity contribution is 7.92. The maximum atomic E-state index is 13.5. The Labute approximate surface area is 182 Å². The number of para-hydroxylation sites is 1. The summed E-state index contributed by atoms with van der Waals surface area (Å²) < 4.78 is 34.0. The van der Waals surface area contributed by atoms with E-state index >= 15 is 0 Å². The normalized spacial score (nSPS) is 22.0. The molecule has 2 aromatic rings. The molecule has 160 valence electrons. The lowest BCUT2D eigenvalue weighted by molar-refractivity contribution is -0.0586. The summed E-state index contributed by atoms with van der Waals surface area (Å²) in [6, 6.07) is 11.9. The van der Waals surface area contributed by atoms with E-state index in [-0.39, 0.29) is 33.6 Å². The Morgan fingerprint density at radius 3 is 2.53 bits per heavy atom. The second-order valence-corrected chi connectivity index (χ2v) is 10.2. The average molecular weight is 449 g/mol. The summed E-state index contributed by atoms with van der Waals surface area (Å²) in [5, 5.41) is 0.241. The molecule has 4 rings (SSSR count). The van der Waals surface area contributed by atoms with Crippen LogP contribution in [0.3, 0.4) is 0 Å². The first kappa shape index (κ1) is 21.2.